The Bertz CT molecular complexity index is 1800. The minimum atomic E-state index is -0.307. The van der Waals surface area contributed by atoms with E-state index in [0.29, 0.717) is 53.2 Å². The van der Waals surface area contributed by atoms with Crippen LogP contribution in [-0.4, -0.2) is 61.7 Å². The third-order valence-electron chi connectivity index (χ3n) is 9.15. The number of aliphatic hydroxyl groups is 1. The summed E-state index contributed by atoms with van der Waals surface area (Å²) in [4.78, 5) is 40.0. The lowest BCUT2D eigenvalue weighted by Crippen LogP contribution is -2.41. The third kappa shape index (κ3) is 4.74. The predicted molar refractivity (Wildman–Crippen MR) is 166 cm³/mol. The number of anilines is 3. The number of hydrogen-bond acceptors (Lipinski definition) is 7. The Balaban J connectivity index is 1.19. The van der Waals surface area contributed by atoms with Crippen molar-refractivity contribution in [3.8, 4) is 11.1 Å². The average Bonchev–Trinajstić information content (AvgIpc) is 3.46. The van der Waals surface area contributed by atoms with Gasteiger partial charge in [0.05, 0.1) is 6.61 Å². The van der Waals surface area contributed by atoms with Gasteiger partial charge in [-0.05, 0) is 66.3 Å². The van der Waals surface area contributed by atoms with Gasteiger partial charge in [-0.15, -0.1) is 0 Å². The molecule has 1 fully saturated rings. The Morgan fingerprint density at radius 3 is 2.58 bits per heavy atom. The van der Waals surface area contributed by atoms with E-state index in [9.17, 15) is 14.7 Å². The first-order valence-corrected chi connectivity index (χ1v) is 14.9. The maximum atomic E-state index is 13.8. The van der Waals surface area contributed by atoms with Crippen molar-refractivity contribution in [1.82, 2.24) is 24.0 Å². The van der Waals surface area contributed by atoms with Crippen LogP contribution in [0.15, 0.2) is 53.7 Å². The number of pyridine rings is 3. The van der Waals surface area contributed by atoms with Crippen molar-refractivity contribution >= 4 is 23.2 Å². The molecule has 0 radical (unpaired) electrons. The zero-order chi connectivity index (χ0) is 30.0. The van der Waals surface area contributed by atoms with Crippen molar-refractivity contribution in [2.75, 3.05) is 36.9 Å². The molecular weight excluding hydrogens is 542 g/mol. The van der Waals surface area contributed by atoms with Crippen LogP contribution < -0.4 is 15.8 Å². The first-order valence-electron chi connectivity index (χ1n) is 14.9. The molecule has 0 bridgehead atoms. The van der Waals surface area contributed by atoms with Crippen molar-refractivity contribution in [2.45, 2.75) is 45.8 Å². The number of amides is 1. The van der Waals surface area contributed by atoms with Gasteiger partial charge in [0.2, 0.25) is 0 Å². The number of rotatable bonds is 6. The van der Waals surface area contributed by atoms with Crippen LogP contribution in [0.5, 0.6) is 0 Å². The van der Waals surface area contributed by atoms with E-state index in [1.165, 1.54) is 21.4 Å². The fraction of sp³-hybridized carbons (Fsp3) is 0.394. The summed E-state index contributed by atoms with van der Waals surface area (Å²) in [5, 5.41) is 13.8. The van der Waals surface area contributed by atoms with Crippen LogP contribution >= 0.6 is 0 Å². The quantitative estimate of drug-likeness (QED) is 0.359. The second kappa shape index (κ2) is 10.2. The van der Waals surface area contributed by atoms with Gasteiger partial charge >= 0.3 is 0 Å². The molecule has 1 saturated heterocycles. The summed E-state index contributed by atoms with van der Waals surface area (Å²) in [6, 6.07) is 9.58. The minimum Gasteiger partial charge on any atom is -0.392 e. The Hall–Kier alpha value is -4.28. The van der Waals surface area contributed by atoms with Crippen LogP contribution in [0.2, 0.25) is 0 Å². The lowest BCUT2D eigenvalue weighted by Gasteiger charge is -2.36. The molecule has 10 nitrogen and oxygen atoms in total. The lowest BCUT2D eigenvalue weighted by atomic mass is 9.90. The smallest absolute Gasteiger partial charge is 0.276 e. The second-order valence-corrected chi connectivity index (χ2v) is 13.0. The summed E-state index contributed by atoms with van der Waals surface area (Å²) in [7, 11) is 3.80. The maximum Gasteiger partial charge on any atom is 0.276 e. The molecular formula is C33H37N7O3. The number of nitrogens with zero attached hydrogens (tertiary/aromatic N) is 6. The number of likely N-dealkylation sites (tertiary alicyclic amines) is 1. The summed E-state index contributed by atoms with van der Waals surface area (Å²) in [6.07, 6.45) is 7.20. The second-order valence-electron chi connectivity index (χ2n) is 13.0. The van der Waals surface area contributed by atoms with E-state index >= 15 is 0 Å². The minimum absolute atomic E-state index is 0.108. The number of hydrogen-bond donors (Lipinski definition) is 2. The van der Waals surface area contributed by atoms with E-state index in [1.54, 1.807) is 30.4 Å². The molecule has 4 aromatic rings. The highest BCUT2D eigenvalue weighted by atomic mass is 16.3. The highest BCUT2D eigenvalue weighted by Crippen LogP contribution is 2.40. The molecule has 4 aromatic heterocycles. The highest BCUT2D eigenvalue weighted by Gasteiger charge is 2.37. The molecule has 0 atom stereocenters. The SMILES string of the molecule is CN1CC(c2ccc(Nc3cc(-c4ccnc(N5CCn6c(cc7c6CC(C)(C)C7)C5=O)c4CO)cn(C)c3=O)nc2)C1. The van der Waals surface area contributed by atoms with Crippen LogP contribution in [0.25, 0.3) is 11.1 Å². The molecule has 0 saturated carbocycles. The Morgan fingerprint density at radius 1 is 1.05 bits per heavy atom. The van der Waals surface area contributed by atoms with Crippen LogP contribution in [0.4, 0.5) is 17.3 Å². The molecule has 7 rings (SSSR count). The Morgan fingerprint density at radius 2 is 1.86 bits per heavy atom. The van der Waals surface area contributed by atoms with E-state index in [0.717, 1.165) is 31.5 Å². The average molecular weight is 580 g/mol. The van der Waals surface area contributed by atoms with Gasteiger partial charge in [-0.3, -0.25) is 14.5 Å². The van der Waals surface area contributed by atoms with E-state index in [1.807, 2.05) is 24.4 Å². The van der Waals surface area contributed by atoms with Crippen molar-refractivity contribution in [2.24, 2.45) is 12.5 Å². The summed E-state index contributed by atoms with van der Waals surface area (Å²) in [5.74, 6) is 1.41. The number of carbonyl (C=O) groups is 1. The molecule has 0 unspecified atom stereocenters. The van der Waals surface area contributed by atoms with Gasteiger partial charge in [-0.1, -0.05) is 19.9 Å². The van der Waals surface area contributed by atoms with Gasteiger partial charge in [0.1, 0.15) is 23.0 Å². The monoisotopic (exact) mass is 579 g/mol. The molecule has 222 valence electrons. The predicted octanol–water partition coefficient (Wildman–Crippen LogP) is 3.69. The first kappa shape index (κ1) is 27.5. The molecule has 1 amide bonds. The van der Waals surface area contributed by atoms with E-state index in [-0.39, 0.29) is 23.5 Å². The number of likely N-dealkylation sites (N-methyl/N-ethyl adjacent to an activating group) is 1. The number of nitrogens with one attached hydrogen (secondary N) is 1. The van der Waals surface area contributed by atoms with Gasteiger partial charge in [0, 0.05) is 74.6 Å². The zero-order valence-corrected chi connectivity index (χ0v) is 25.1. The van der Waals surface area contributed by atoms with Gasteiger partial charge in [-0.2, -0.15) is 0 Å². The molecule has 10 heteroatoms. The number of aliphatic hydroxyl groups excluding tert-OH is 1. The van der Waals surface area contributed by atoms with E-state index in [4.69, 9.17) is 0 Å². The molecule has 2 aliphatic heterocycles. The van der Waals surface area contributed by atoms with E-state index < -0.39 is 0 Å². The first-order chi connectivity index (χ1) is 20.6. The van der Waals surface area contributed by atoms with Gasteiger partial charge in [0.15, 0.2) is 0 Å². The number of aryl methyl sites for hydroxylation is 1. The molecule has 6 heterocycles. The lowest BCUT2D eigenvalue weighted by molar-refractivity contribution is 0.0962. The summed E-state index contributed by atoms with van der Waals surface area (Å²) in [5.41, 5.74) is 6.75. The highest BCUT2D eigenvalue weighted by molar-refractivity contribution is 6.06. The van der Waals surface area contributed by atoms with E-state index in [2.05, 4.69) is 51.7 Å². The van der Waals surface area contributed by atoms with Crippen LogP contribution in [0.1, 0.15) is 52.6 Å². The molecule has 2 N–H and O–H groups in total. The van der Waals surface area contributed by atoms with Crippen LogP contribution in [0, 0.1) is 5.41 Å². The van der Waals surface area contributed by atoms with Crippen molar-refractivity contribution in [3.63, 3.8) is 0 Å². The summed E-state index contributed by atoms with van der Waals surface area (Å²) < 4.78 is 3.68. The standard InChI is InChI=1S/C33H37N7O3/c1-33(2)13-21-12-27-32(43)40(10-9-39(27)28(21)14-33)30-25(19-41)24(7-8-34-30)22-11-26(31(42)38(4)18-22)36-29-6-5-20(15-35-29)23-16-37(3)17-23/h5-8,11-12,15,18,23,41H,9-10,13-14,16-17,19H2,1-4H3,(H,35,36). The van der Waals surface area contributed by atoms with Crippen molar-refractivity contribution in [1.29, 1.82) is 0 Å². The molecule has 3 aliphatic rings. The van der Waals surface area contributed by atoms with Crippen LogP contribution in [0.3, 0.4) is 0 Å². The normalized spacial score (nSPS) is 18.0. The maximum absolute atomic E-state index is 13.8. The van der Waals surface area contributed by atoms with Gasteiger partial charge < -0.3 is 24.5 Å². The summed E-state index contributed by atoms with van der Waals surface area (Å²) in [6.45, 7) is 7.42. The van der Waals surface area contributed by atoms with Crippen molar-refractivity contribution < 1.29 is 9.90 Å². The van der Waals surface area contributed by atoms with Gasteiger partial charge in [0.25, 0.3) is 11.5 Å². The fourth-order valence-electron chi connectivity index (χ4n) is 6.97. The largest absolute Gasteiger partial charge is 0.392 e. The van der Waals surface area contributed by atoms with Crippen LogP contribution in [-0.2, 0) is 33.0 Å². The third-order valence-corrected chi connectivity index (χ3v) is 9.15. The topological polar surface area (TPSA) is 109 Å². The van der Waals surface area contributed by atoms with Crippen molar-refractivity contribution in [3.05, 3.63) is 87.4 Å². The molecule has 43 heavy (non-hydrogen) atoms. The fourth-order valence-corrected chi connectivity index (χ4v) is 6.97. The molecule has 0 spiro atoms. The number of aromatic nitrogens is 4. The zero-order valence-electron chi connectivity index (χ0n) is 25.1. The number of carbonyl (C=O) groups excluding carboxylic acids is 1. The molecule has 1 aliphatic carbocycles. The number of fused-ring (bicyclic) bond motifs is 3. The Labute approximate surface area is 250 Å². The van der Waals surface area contributed by atoms with Gasteiger partial charge in [-0.25, -0.2) is 9.97 Å². The summed E-state index contributed by atoms with van der Waals surface area (Å²) >= 11 is 0. The molecule has 0 aromatic carbocycles. The Kier molecular flexibility index (Phi) is 6.51.